The minimum atomic E-state index is -0.940. The highest BCUT2D eigenvalue weighted by atomic mass is 19.2. The van der Waals surface area contributed by atoms with Gasteiger partial charge in [0.1, 0.15) is 23.8 Å². The van der Waals surface area contributed by atoms with Crippen LogP contribution in [-0.4, -0.2) is 23.4 Å². The molecule has 0 aliphatic carbocycles. The Bertz CT molecular complexity index is 1290. The zero-order valence-corrected chi connectivity index (χ0v) is 21.5. The summed E-state index contributed by atoms with van der Waals surface area (Å²) in [7, 11) is 1.29. The molecule has 1 N–H and O–H groups in total. The number of rotatable bonds is 5. The second kappa shape index (κ2) is 13.5. The Balaban J connectivity index is 0.000000266. The SMILES string of the molecule is CC.CC1CCC(c2cc(OCc3ccccc3)c3c[n+](O)ccc3n2)O1.COc1cccc(F)c1F. The van der Waals surface area contributed by atoms with Gasteiger partial charge in [-0.25, -0.2) is 9.37 Å². The molecule has 0 spiro atoms. The molecule has 196 valence electrons. The van der Waals surface area contributed by atoms with E-state index in [2.05, 4.69) is 11.7 Å². The number of benzene rings is 2. The lowest BCUT2D eigenvalue weighted by Crippen LogP contribution is -2.28. The molecule has 37 heavy (non-hydrogen) atoms. The Morgan fingerprint density at radius 2 is 1.78 bits per heavy atom. The van der Waals surface area contributed by atoms with Gasteiger partial charge >= 0.3 is 0 Å². The van der Waals surface area contributed by atoms with Gasteiger partial charge in [0.25, 0.3) is 0 Å². The van der Waals surface area contributed by atoms with E-state index in [1.165, 1.54) is 19.2 Å². The van der Waals surface area contributed by atoms with Gasteiger partial charge in [-0.3, -0.25) is 5.21 Å². The maximum absolute atomic E-state index is 12.5. The van der Waals surface area contributed by atoms with Crippen molar-refractivity contribution in [2.45, 2.75) is 52.4 Å². The van der Waals surface area contributed by atoms with E-state index >= 15 is 0 Å². The zero-order chi connectivity index (χ0) is 26.8. The third-order valence-electron chi connectivity index (χ3n) is 5.65. The molecular weight excluding hydrogens is 478 g/mol. The molecule has 0 bridgehead atoms. The Kier molecular flexibility index (Phi) is 10.1. The summed E-state index contributed by atoms with van der Waals surface area (Å²) in [6.45, 7) is 6.55. The average molecular weight is 512 g/mol. The summed E-state index contributed by atoms with van der Waals surface area (Å²) >= 11 is 0. The van der Waals surface area contributed by atoms with Crippen molar-refractivity contribution in [1.29, 1.82) is 0 Å². The van der Waals surface area contributed by atoms with Crippen LogP contribution in [0.5, 0.6) is 11.5 Å². The summed E-state index contributed by atoms with van der Waals surface area (Å²) in [5.74, 6) is -1.19. The van der Waals surface area contributed by atoms with E-state index in [-0.39, 0.29) is 18.0 Å². The molecule has 1 aliphatic heterocycles. The van der Waals surface area contributed by atoms with Crippen molar-refractivity contribution in [2.75, 3.05) is 7.11 Å². The van der Waals surface area contributed by atoms with Gasteiger partial charge in [0.15, 0.2) is 11.6 Å². The van der Waals surface area contributed by atoms with Crippen LogP contribution in [0.4, 0.5) is 8.78 Å². The van der Waals surface area contributed by atoms with Gasteiger partial charge in [-0.15, -0.1) is 0 Å². The molecule has 1 fully saturated rings. The lowest BCUT2D eigenvalue weighted by Gasteiger charge is -2.14. The van der Waals surface area contributed by atoms with Crippen LogP contribution in [-0.2, 0) is 11.3 Å². The normalized spacial score (nSPS) is 16.3. The fourth-order valence-corrected chi connectivity index (χ4v) is 3.83. The Morgan fingerprint density at radius 1 is 1.03 bits per heavy atom. The van der Waals surface area contributed by atoms with Crippen molar-refractivity contribution in [1.82, 2.24) is 4.98 Å². The standard InChI is InChI=1S/C20H21N2O3.C7H6F2O.C2H6/c1-14-7-8-19(25-14)18-11-20(24-13-15-5-3-2-4-6-15)16-12-22(23)10-9-17(16)21-18;1-10-6-4-2-3-5(8)7(6)9;1-2/h2-6,9-12,14,19,23H,7-8,13H2,1H3;2-4H,1H3;1-2H3/q+1;;. The van der Waals surface area contributed by atoms with Crippen LogP contribution in [0.15, 0.2) is 73.1 Å². The number of fused-ring (bicyclic) bond motifs is 1. The third kappa shape index (κ3) is 7.36. The fraction of sp³-hybridized carbons (Fsp3) is 0.310. The predicted octanol–water partition coefficient (Wildman–Crippen LogP) is 6.58. The van der Waals surface area contributed by atoms with E-state index in [0.29, 0.717) is 12.4 Å². The van der Waals surface area contributed by atoms with Crippen molar-refractivity contribution in [3.05, 3.63) is 95.9 Å². The van der Waals surface area contributed by atoms with Crippen molar-refractivity contribution in [3.8, 4) is 11.5 Å². The first-order chi connectivity index (χ1) is 17.9. The van der Waals surface area contributed by atoms with E-state index in [1.807, 2.05) is 50.2 Å². The molecule has 5 rings (SSSR count). The molecule has 1 saturated heterocycles. The summed E-state index contributed by atoms with van der Waals surface area (Å²) < 4.78 is 42.4. The number of pyridine rings is 2. The highest BCUT2D eigenvalue weighted by molar-refractivity contribution is 5.83. The minimum Gasteiger partial charge on any atom is -0.494 e. The molecule has 3 heterocycles. The lowest BCUT2D eigenvalue weighted by atomic mass is 10.1. The van der Waals surface area contributed by atoms with E-state index in [0.717, 1.165) is 45.8 Å². The van der Waals surface area contributed by atoms with Gasteiger partial charge in [-0.1, -0.05) is 50.2 Å². The predicted molar refractivity (Wildman–Crippen MR) is 137 cm³/mol. The molecule has 1 aliphatic rings. The molecular formula is C29H33F2N2O4+. The van der Waals surface area contributed by atoms with Gasteiger partial charge in [0.05, 0.1) is 24.4 Å². The first-order valence-corrected chi connectivity index (χ1v) is 12.3. The van der Waals surface area contributed by atoms with Crippen LogP contribution in [0.2, 0.25) is 0 Å². The molecule has 2 unspecified atom stereocenters. The van der Waals surface area contributed by atoms with E-state index in [4.69, 9.17) is 14.5 Å². The lowest BCUT2D eigenvalue weighted by molar-refractivity contribution is -0.904. The highest BCUT2D eigenvalue weighted by Gasteiger charge is 2.26. The maximum Gasteiger partial charge on any atom is 0.235 e. The van der Waals surface area contributed by atoms with E-state index < -0.39 is 11.6 Å². The minimum absolute atomic E-state index is 0.0000635. The summed E-state index contributed by atoms with van der Waals surface area (Å²) in [5, 5.41) is 10.5. The molecule has 2 aromatic heterocycles. The fourth-order valence-electron chi connectivity index (χ4n) is 3.83. The van der Waals surface area contributed by atoms with Gasteiger partial charge in [0, 0.05) is 16.9 Å². The zero-order valence-electron chi connectivity index (χ0n) is 21.5. The van der Waals surface area contributed by atoms with Crippen LogP contribution in [0.1, 0.15) is 51.0 Å². The maximum atomic E-state index is 12.5. The first kappa shape index (κ1) is 27.8. The number of hydrogen-bond donors (Lipinski definition) is 1. The quantitative estimate of drug-likeness (QED) is 0.242. The molecule has 8 heteroatoms. The molecule has 0 amide bonds. The summed E-state index contributed by atoms with van der Waals surface area (Å²) in [6, 6.07) is 17.5. The molecule has 2 aromatic carbocycles. The van der Waals surface area contributed by atoms with Gasteiger partial charge < -0.3 is 14.2 Å². The Hall–Kier alpha value is -3.78. The van der Waals surface area contributed by atoms with Crippen LogP contribution in [0.3, 0.4) is 0 Å². The van der Waals surface area contributed by atoms with E-state index in [9.17, 15) is 14.0 Å². The van der Waals surface area contributed by atoms with Crippen molar-refractivity contribution in [2.24, 2.45) is 0 Å². The number of methoxy groups -OCH3 is 1. The smallest absolute Gasteiger partial charge is 0.235 e. The molecule has 6 nitrogen and oxygen atoms in total. The van der Waals surface area contributed by atoms with Crippen LogP contribution < -0.4 is 14.2 Å². The second-order valence-electron chi connectivity index (χ2n) is 8.21. The monoisotopic (exact) mass is 511 g/mol. The van der Waals surface area contributed by atoms with Gasteiger partial charge in [0.2, 0.25) is 18.2 Å². The Morgan fingerprint density at radius 3 is 2.43 bits per heavy atom. The number of aromatic nitrogens is 2. The first-order valence-electron chi connectivity index (χ1n) is 12.3. The summed E-state index contributed by atoms with van der Waals surface area (Å²) in [6.07, 6.45) is 5.44. The summed E-state index contributed by atoms with van der Waals surface area (Å²) in [5.41, 5.74) is 2.76. The third-order valence-corrected chi connectivity index (χ3v) is 5.65. The molecule has 0 saturated carbocycles. The molecule has 0 radical (unpaired) electrons. The Labute approximate surface area is 216 Å². The molecule has 2 atom stereocenters. The van der Waals surface area contributed by atoms with Crippen molar-refractivity contribution >= 4 is 10.9 Å². The average Bonchev–Trinajstić information content (AvgIpc) is 3.37. The van der Waals surface area contributed by atoms with Crippen molar-refractivity contribution in [3.63, 3.8) is 0 Å². The van der Waals surface area contributed by atoms with Crippen LogP contribution >= 0.6 is 0 Å². The molecule has 4 aromatic rings. The van der Waals surface area contributed by atoms with Gasteiger partial charge in [-0.05, 0) is 37.5 Å². The number of nitrogens with zero attached hydrogens (tertiary/aromatic N) is 2. The van der Waals surface area contributed by atoms with Crippen LogP contribution in [0, 0.1) is 11.6 Å². The number of halogens is 2. The number of hydrogen-bond acceptors (Lipinski definition) is 5. The van der Waals surface area contributed by atoms with E-state index in [1.54, 1.807) is 18.5 Å². The van der Waals surface area contributed by atoms with Crippen molar-refractivity contribution < 1.29 is 32.9 Å². The second-order valence-corrected chi connectivity index (χ2v) is 8.21. The van der Waals surface area contributed by atoms with Crippen LogP contribution in [0.25, 0.3) is 10.9 Å². The summed E-state index contributed by atoms with van der Waals surface area (Å²) in [4.78, 5) is 4.72. The van der Waals surface area contributed by atoms with Gasteiger partial charge in [-0.2, -0.15) is 4.39 Å². The largest absolute Gasteiger partial charge is 0.494 e. The topological polar surface area (TPSA) is 64.7 Å². The highest BCUT2D eigenvalue weighted by Crippen LogP contribution is 2.35. The number of ether oxygens (including phenoxy) is 3.